The largest absolute Gasteiger partial charge is 0.508 e. The standard InChI is InChI=1S/C14H8O6/c15-5-1-8(16)10-9(2-5)20-14-11(10)12(17)6-3-19-4-7(6)13(14)18/h1-4,11,14-16H. The Labute approximate surface area is 112 Å². The minimum absolute atomic E-state index is 0.154. The van der Waals surface area contributed by atoms with Gasteiger partial charge >= 0.3 is 0 Å². The Morgan fingerprint density at radius 3 is 2.45 bits per heavy atom. The Bertz CT molecular complexity index is 772. The van der Waals surface area contributed by atoms with Crippen LogP contribution in [0.5, 0.6) is 17.2 Å². The third-order valence-electron chi connectivity index (χ3n) is 3.71. The second-order valence-corrected chi connectivity index (χ2v) is 4.82. The topological polar surface area (TPSA) is 97.0 Å². The summed E-state index contributed by atoms with van der Waals surface area (Å²) in [4.78, 5) is 24.7. The predicted octanol–water partition coefficient (Wildman–Crippen LogP) is 1.61. The van der Waals surface area contributed by atoms with Crippen molar-refractivity contribution < 1.29 is 29.0 Å². The van der Waals surface area contributed by atoms with Gasteiger partial charge in [-0.3, -0.25) is 9.59 Å². The lowest BCUT2D eigenvalue weighted by Gasteiger charge is -2.21. The van der Waals surface area contributed by atoms with Gasteiger partial charge in [0.1, 0.15) is 29.8 Å². The van der Waals surface area contributed by atoms with E-state index in [0.717, 1.165) is 6.07 Å². The van der Waals surface area contributed by atoms with E-state index in [0.29, 0.717) is 0 Å². The van der Waals surface area contributed by atoms with Crippen molar-refractivity contribution in [3.05, 3.63) is 41.3 Å². The number of phenolic OH excluding ortho intramolecular Hbond substituents is 2. The average Bonchev–Trinajstić information content (AvgIpc) is 2.99. The van der Waals surface area contributed by atoms with Gasteiger partial charge in [-0.1, -0.05) is 0 Å². The molecule has 1 aliphatic carbocycles. The molecule has 6 nitrogen and oxygen atoms in total. The molecule has 100 valence electrons. The van der Waals surface area contributed by atoms with Crippen LogP contribution in [0.1, 0.15) is 32.2 Å². The van der Waals surface area contributed by atoms with E-state index >= 15 is 0 Å². The maximum absolute atomic E-state index is 12.4. The molecule has 2 aliphatic rings. The molecule has 2 N–H and O–H groups in total. The second-order valence-electron chi connectivity index (χ2n) is 4.82. The first kappa shape index (κ1) is 11.1. The number of ketones is 2. The number of carbonyl (C=O) groups is 2. The van der Waals surface area contributed by atoms with Gasteiger partial charge in [0.2, 0.25) is 5.78 Å². The fourth-order valence-corrected chi connectivity index (χ4v) is 2.84. The van der Waals surface area contributed by atoms with Crippen LogP contribution in [0.2, 0.25) is 0 Å². The summed E-state index contributed by atoms with van der Waals surface area (Å²) in [7, 11) is 0. The maximum atomic E-state index is 12.4. The number of phenols is 2. The molecule has 4 rings (SSSR count). The van der Waals surface area contributed by atoms with Crippen molar-refractivity contribution in [2.24, 2.45) is 0 Å². The predicted molar refractivity (Wildman–Crippen MR) is 64.3 cm³/mol. The highest BCUT2D eigenvalue weighted by atomic mass is 16.5. The van der Waals surface area contributed by atoms with Crippen LogP contribution in [0.4, 0.5) is 0 Å². The second kappa shape index (κ2) is 3.41. The molecule has 0 spiro atoms. The first-order chi connectivity index (χ1) is 9.58. The van der Waals surface area contributed by atoms with E-state index in [4.69, 9.17) is 9.15 Å². The molecule has 1 aromatic carbocycles. The highest BCUT2D eigenvalue weighted by molar-refractivity contribution is 6.19. The van der Waals surface area contributed by atoms with Crippen LogP contribution >= 0.6 is 0 Å². The van der Waals surface area contributed by atoms with Crippen molar-refractivity contribution in [2.45, 2.75) is 12.0 Å². The summed E-state index contributed by atoms with van der Waals surface area (Å²) in [5.74, 6) is -1.90. The number of hydrogen-bond acceptors (Lipinski definition) is 6. The average molecular weight is 272 g/mol. The molecule has 2 aromatic rings. The van der Waals surface area contributed by atoms with Gasteiger partial charge in [-0.15, -0.1) is 0 Å². The Morgan fingerprint density at radius 2 is 1.70 bits per heavy atom. The van der Waals surface area contributed by atoms with E-state index in [1.165, 1.54) is 18.6 Å². The van der Waals surface area contributed by atoms with E-state index in [9.17, 15) is 19.8 Å². The summed E-state index contributed by atoms with van der Waals surface area (Å²) in [6.45, 7) is 0. The molecular formula is C14H8O6. The highest BCUT2D eigenvalue weighted by Gasteiger charge is 2.51. The number of benzene rings is 1. The minimum Gasteiger partial charge on any atom is -0.508 e. The van der Waals surface area contributed by atoms with Crippen LogP contribution in [0, 0.1) is 0 Å². The zero-order valence-corrected chi connectivity index (χ0v) is 9.99. The SMILES string of the molecule is O=C1c2cocc2C(=O)C2c3c(O)cc(O)cc3OC12. The molecule has 1 aliphatic heterocycles. The lowest BCUT2D eigenvalue weighted by Crippen LogP contribution is -2.38. The molecular weight excluding hydrogens is 264 g/mol. The van der Waals surface area contributed by atoms with E-state index in [1.807, 2.05) is 0 Å². The molecule has 0 amide bonds. The van der Waals surface area contributed by atoms with E-state index in [2.05, 4.69) is 0 Å². The van der Waals surface area contributed by atoms with Gasteiger partial charge in [0.25, 0.3) is 0 Å². The first-order valence-electron chi connectivity index (χ1n) is 5.95. The fourth-order valence-electron chi connectivity index (χ4n) is 2.84. The number of fused-ring (bicyclic) bond motifs is 4. The van der Waals surface area contributed by atoms with Crippen molar-refractivity contribution in [3.63, 3.8) is 0 Å². The molecule has 20 heavy (non-hydrogen) atoms. The summed E-state index contributed by atoms with van der Waals surface area (Å²) >= 11 is 0. The van der Waals surface area contributed by atoms with Gasteiger partial charge in [-0.2, -0.15) is 0 Å². The summed E-state index contributed by atoms with van der Waals surface area (Å²) in [5.41, 5.74) is 0.617. The first-order valence-corrected chi connectivity index (χ1v) is 5.95. The third-order valence-corrected chi connectivity index (χ3v) is 3.71. The highest BCUT2D eigenvalue weighted by Crippen LogP contribution is 2.49. The van der Waals surface area contributed by atoms with Gasteiger partial charge in [-0.05, 0) is 0 Å². The Kier molecular flexibility index (Phi) is 1.89. The number of Topliss-reactive ketones (excluding diaryl/α,β-unsaturated/α-hetero) is 2. The van der Waals surface area contributed by atoms with E-state index < -0.39 is 12.0 Å². The smallest absolute Gasteiger partial charge is 0.208 e. The quantitative estimate of drug-likeness (QED) is 0.756. The number of aromatic hydroxyl groups is 2. The molecule has 0 saturated heterocycles. The molecule has 0 bridgehead atoms. The Morgan fingerprint density at radius 1 is 1.00 bits per heavy atom. The molecule has 2 heterocycles. The zero-order chi connectivity index (χ0) is 14.0. The lowest BCUT2D eigenvalue weighted by atomic mass is 9.79. The number of furan rings is 1. The minimum atomic E-state index is -1.02. The maximum Gasteiger partial charge on any atom is 0.208 e. The summed E-state index contributed by atoms with van der Waals surface area (Å²) in [6, 6.07) is 2.40. The number of hydrogen-bond donors (Lipinski definition) is 2. The zero-order valence-electron chi connectivity index (χ0n) is 9.99. The van der Waals surface area contributed by atoms with E-state index in [1.54, 1.807) is 0 Å². The fraction of sp³-hybridized carbons (Fsp3) is 0.143. The van der Waals surface area contributed by atoms with Crippen LogP contribution in [0.3, 0.4) is 0 Å². The molecule has 6 heteroatoms. The van der Waals surface area contributed by atoms with Gasteiger partial charge in [0.15, 0.2) is 11.9 Å². The molecule has 2 atom stereocenters. The summed E-state index contributed by atoms with van der Waals surface area (Å²) in [6.07, 6.45) is 1.42. The van der Waals surface area contributed by atoms with Crippen LogP contribution in [-0.2, 0) is 0 Å². The van der Waals surface area contributed by atoms with Crippen LogP contribution in [0.15, 0.2) is 29.1 Å². The van der Waals surface area contributed by atoms with Crippen molar-refractivity contribution in [3.8, 4) is 17.2 Å². The van der Waals surface area contributed by atoms with Gasteiger partial charge in [-0.25, -0.2) is 0 Å². The Hall–Kier alpha value is -2.76. The monoisotopic (exact) mass is 272 g/mol. The van der Waals surface area contributed by atoms with Gasteiger partial charge in [0.05, 0.1) is 22.6 Å². The number of carbonyl (C=O) groups excluding carboxylic acids is 2. The number of rotatable bonds is 0. The lowest BCUT2D eigenvalue weighted by molar-refractivity contribution is 0.0702. The number of ether oxygens (including phenoxy) is 1. The van der Waals surface area contributed by atoms with Gasteiger partial charge < -0.3 is 19.4 Å². The molecule has 2 unspecified atom stereocenters. The third kappa shape index (κ3) is 1.18. The van der Waals surface area contributed by atoms with Crippen molar-refractivity contribution >= 4 is 11.6 Å². The van der Waals surface area contributed by atoms with Gasteiger partial charge in [0, 0.05) is 12.1 Å². The molecule has 0 saturated carbocycles. The molecule has 0 fully saturated rings. The van der Waals surface area contributed by atoms with E-state index in [-0.39, 0.29) is 45.5 Å². The summed E-state index contributed by atoms with van der Waals surface area (Å²) in [5, 5.41) is 19.4. The van der Waals surface area contributed by atoms with Crippen molar-refractivity contribution in [1.29, 1.82) is 0 Å². The Balaban J connectivity index is 1.95. The van der Waals surface area contributed by atoms with Crippen molar-refractivity contribution in [1.82, 2.24) is 0 Å². The normalized spacial score (nSPS) is 23.0. The van der Waals surface area contributed by atoms with Crippen LogP contribution in [-0.4, -0.2) is 27.9 Å². The van der Waals surface area contributed by atoms with Crippen LogP contribution in [0.25, 0.3) is 0 Å². The molecule has 1 aromatic heterocycles. The molecule has 0 radical (unpaired) electrons. The van der Waals surface area contributed by atoms with Crippen molar-refractivity contribution in [2.75, 3.05) is 0 Å². The summed E-state index contributed by atoms with van der Waals surface area (Å²) < 4.78 is 10.4. The van der Waals surface area contributed by atoms with Crippen LogP contribution < -0.4 is 4.74 Å².